The molecule has 3 aromatic rings. The van der Waals surface area contributed by atoms with Gasteiger partial charge >= 0.3 is 0 Å². The van der Waals surface area contributed by atoms with Crippen molar-refractivity contribution in [1.82, 2.24) is 20.1 Å². The Bertz CT molecular complexity index is 835. The highest BCUT2D eigenvalue weighted by Gasteiger charge is 2.26. The van der Waals surface area contributed by atoms with Crippen LogP contribution in [0.4, 0.5) is 4.39 Å². The van der Waals surface area contributed by atoms with Gasteiger partial charge in [-0.3, -0.25) is 15.0 Å². The molecule has 1 atom stereocenters. The first-order valence-electron chi connectivity index (χ1n) is 8.81. The van der Waals surface area contributed by atoms with Crippen LogP contribution in [0.3, 0.4) is 0 Å². The minimum atomic E-state index is -0.266. The molecule has 0 bridgehead atoms. The fourth-order valence-electron chi connectivity index (χ4n) is 3.29. The number of halogens is 1. The summed E-state index contributed by atoms with van der Waals surface area (Å²) in [6, 6.07) is 14.1. The van der Waals surface area contributed by atoms with Gasteiger partial charge in [-0.25, -0.2) is 4.39 Å². The molecule has 134 valence electrons. The lowest BCUT2D eigenvalue weighted by Crippen LogP contribution is -2.20. The molecule has 0 unspecified atom stereocenters. The van der Waals surface area contributed by atoms with Crippen molar-refractivity contribution in [3.05, 3.63) is 77.6 Å². The number of nitrogens with zero attached hydrogens (tertiary/aromatic N) is 3. The van der Waals surface area contributed by atoms with Crippen molar-refractivity contribution in [1.29, 1.82) is 0 Å². The van der Waals surface area contributed by atoms with E-state index in [2.05, 4.69) is 32.2 Å². The molecule has 1 saturated heterocycles. The molecule has 1 aliphatic rings. The summed E-state index contributed by atoms with van der Waals surface area (Å²) in [5.41, 5.74) is 3.10. The zero-order valence-electron chi connectivity index (χ0n) is 14.4. The summed E-state index contributed by atoms with van der Waals surface area (Å²) in [4.78, 5) is 6.81. The highest BCUT2D eigenvalue weighted by Crippen LogP contribution is 2.27. The molecule has 0 amide bonds. The Labute approximate surface area is 151 Å². The van der Waals surface area contributed by atoms with Gasteiger partial charge in [-0.05, 0) is 55.4 Å². The van der Waals surface area contributed by atoms with Crippen LogP contribution < -0.4 is 4.74 Å². The van der Waals surface area contributed by atoms with Crippen molar-refractivity contribution in [3.63, 3.8) is 0 Å². The standard InChI is InChI=1S/C20H21FN4O/c21-16-4-6-19(7-5-16)26-14-18-11-20(24-23-18)15-8-10-25(12-15)13-17-3-1-2-9-22-17/h1-7,9,11,15H,8,10,12-14H2,(H,23,24)/t15-/m0/s1. The number of pyridine rings is 1. The van der Waals surface area contributed by atoms with Gasteiger partial charge in [-0.15, -0.1) is 0 Å². The Morgan fingerprint density at radius 3 is 2.88 bits per heavy atom. The number of hydrogen-bond acceptors (Lipinski definition) is 4. The average Bonchev–Trinajstić information content (AvgIpc) is 3.31. The van der Waals surface area contributed by atoms with Gasteiger partial charge in [0.05, 0.1) is 17.1 Å². The Morgan fingerprint density at radius 2 is 2.08 bits per heavy atom. The third kappa shape index (κ3) is 4.08. The van der Waals surface area contributed by atoms with Gasteiger partial charge in [-0.2, -0.15) is 5.10 Å². The molecule has 4 rings (SSSR count). The van der Waals surface area contributed by atoms with Gasteiger partial charge in [0.25, 0.3) is 0 Å². The van der Waals surface area contributed by atoms with Crippen molar-refractivity contribution >= 4 is 0 Å². The van der Waals surface area contributed by atoms with Crippen molar-refractivity contribution in [3.8, 4) is 5.75 Å². The molecule has 1 aliphatic heterocycles. The van der Waals surface area contributed by atoms with Crippen LogP contribution in [0.2, 0.25) is 0 Å². The number of aromatic nitrogens is 3. The summed E-state index contributed by atoms with van der Waals surface area (Å²) in [6.07, 6.45) is 2.93. The first-order valence-corrected chi connectivity index (χ1v) is 8.81. The molecular formula is C20H21FN4O. The first kappa shape index (κ1) is 16.7. The van der Waals surface area contributed by atoms with Gasteiger partial charge in [0.15, 0.2) is 0 Å². The normalized spacial score (nSPS) is 17.5. The zero-order chi connectivity index (χ0) is 17.8. The summed E-state index contributed by atoms with van der Waals surface area (Å²) in [7, 11) is 0. The fraction of sp³-hybridized carbons (Fsp3) is 0.300. The van der Waals surface area contributed by atoms with E-state index in [1.54, 1.807) is 12.1 Å². The highest BCUT2D eigenvalue weighted by molar-refractivity contribution is 5.23. The number of benzene rings is 1. The third-order valence-corrected chi connectivity index (χ3v) is 4.66. The minimum absolute atomic E-state index is 0.266. The Morgan fingerprint density at radius 1 is 1.19 bits per heavy atom. The summed E-state index contributed by atoms with van der Waals surface area (Å²) in [5, 5.41) is 7.51. The lowest BCUT2D eigenvalue weighted by atomic mass is 10.1. The fourth-order valence-corrected chi connectivity index (χ4v) is 3.29. The molecule has 6 heteroatoms. The number of H-pyrrole nitrogens is 1. The van der Waals surface area contributed by atoms with E-state index in [1.807, 2.05) is 18.3 Å². The van der Waals surface area contributed by atoms with Crippen LogP contribution in [-0.2, 0) is 13.2 Å². The molecule has 1 N–H and O–H groups in total. The molecule has 0 radical (unpaired) electrons. The Kier molecular flexibility index (Phi) is 4.93. The number of ether oxygens (including phenoxy) is 1. The van der Waals surface area contributed by atoms with Crippen molar-refractivity contribution < 1.29 is 9.13 Å². The summed E-state index contributed by atoms with van der Waals surface area (Å²) in [5.74, 6) is 0.803. The molecule has 3 heterocycles. The third-order valence-electron chi connectivity index (χ3n) is 4.66. The maximum absolute atomic E-state index is 12.9. The predicted octanol–water partition coefficient (Wildman–Crippen LogP) is 3.51. The molecule has 0 aliphatic carbocycles. The summed E-state index contributed by atoms with van der Waals surface area (Å²) in [6.45, 7) is 3.31. The number of aromatic amines is 1. The van der Waals surface area contributed by atoms with Gasteiger partial charge in [0, 0.05) is 25.2 Å². The molecule has 26 heavy (non-hydrogen) atoms. The smallest absolute Gasteiger partial charge is 0.130 e. The molecule has 5 nitrogen and oxygen atoms in total. The molecule has 1 fully saturated rings. The van der Waals surface area contributed by atoms with Crippen molar-refractivity contribution in [2.45, 2.75) is 25.5 Å². The summed E-state index contributed by atoms with van der Waals surface area (Å²) < 4.78 is 18.6. The predicted molar refractivity (Wildman–Crippen MR) is 96.2 cm³/mol. The molecule has 0 saturated carbocycles. The van der Waals surface area contributed by atoms with Crippen LogP contribution in [0.1, 0.15) is 29.4 Å². The van der Waals surface area contributed by atoms with Crippen LogP contribution in [0.5, 0.6) is 5.75 Å². The lowest BCUT2D eigenvalue weighted by molar-refractivity contribution is 0.300. The van der Waals surface area contributed by atoms with Crippen LogP contribution in [0, 0.1) is 5.82 Å². The summed E-state index contributed by atoms with van der Waals surface area (Å²) >= 11 is 0. The number of likely N-dealkylation sites (tertiary alicyclic amines) is 1. The number of hydrogen-bond donors (Lipinski definition) is 1. The van der Waals surface area contributed by atoms with Crippen LogP contribution in [0.25, 0.3) is 0 Å². The second-order valence-electron chi connectivity index (χ2n) is 6.60. The Hall–Kier alpha value is -2.73. The number of rotatable bonds is 6. The van der Waals surface area contributed by atoms with Crippen molar-refractivity contribution in [2.75, 3.05) is 13.1 Å². The number of nitrogens with one attached hydrogen (secondary N) is 1. The molecule has 0 spiro atoms. The van der Waals surface area contributed by atoms with Gasteiger partial charge < -0.3 is 4.74 Å². The second kappa shape index (κ2) is 7.66. The topological polar surface area (TPSA) is 54.0 Å². The van der Waals surface area contributed by atoms with Crippen LogP contribution in [-0.4, -0.2) is 33.2 Å². The average molecular weight is 352 g/mol. The first-order chi connectivity index (χ1) is 12.8. The zero-order valence-corrected chi connectivity index (χ0v) is 14.4. The van der Waals surface area contributed by atoms with E-state index < -0.39 is 0 Å². The maximum Gasteiger partial charge on any atom is 0.130 e. The van der Waals surface area contributed by atoms with E-state index in [-0.39, 0.29) is 5.82 Å². The van der Waals surface area contributed by atoms with E-state index in [0.717, 1.165) is 43.1 Å². The molecular weight excluding hydrogens is 331 g/mol. The second-order valence-corrected chi connectivity index (χ2v) is 6.60. The van der Waals surface area contributed by atoms with E-state index in [1.165, 1.54) is 12.1 Å². The van der Waals surface area contributed by atoms with E-state index >= 15 is 0 Å². The minimum Gasteiger partial charge on any atom is -0.487 e. The van der Waals surface area contributed by atoms with Crippen LogP contribution >= 0.6 is 0 Å². The van der Waals surface area contributed by atoms with Crippen molar-refractivity contribution in [2.24, 2.45) is 0 Å². The molecule has 1 aromatic carbocycles. The van der Waals surface area contributed by atoms with E-state index in [9.17, 15) is 4.39 Å². The quantitative estimate of drug-likeness (QED) is 0.738. The largest absolute Gasteiger partial charge is 0.487 e. The highest BCUT2D eigenvalue weighted by atomic mass is 19.1. The van der Waals surface area contributed by atoms with Crippen LogP contribution in [0.15, 0.2) is 54.7 Å². The van der Waals surface area contributed by atoms with Gasteiger partial charge in [-0.1, -0.05) is 6.07 Å². The van der Waals surface area contributed by atoms with Gasteiger partial charge in [0.1, 0.15) is 18.2 Å². The SMILES string of the molecule is Fc1ccc(OCc2cc([C@H]3CCN(Cc4ccccn4)C3)n[nH]2)cc1. The Balaban J connectivity index is 1.31. The van der Waals surface area contributed by atoms with E-state index in [4.69, 9.17) is 4.74 Å². The molecule has 2 aromatic heterocycles. The van der Waals surface area contributed by atoms with Gasteiger partial charge in [0.2, 0.25) is 0 Å². The lowest BCUT2D eigenvalue weighted by Gasteiger charge is -2.14. The monoisotopic (exact) mass is 352 g/mol. The maximum atomic E-state index is 12.9. The van der Waals surface area contributed by atoms with E-state index in [0.29, 0.717) is 18.3 Å².